The molecule has 10 nitrogen and oxygen atoms in total. The Kier molecular flexibility index (Phi) is 11.8. The number of hydrogen-bond acceptors (Lipinski definition) is 7. The minimum Gasteiger partial charge on any atom is -0.481 e. The molecule has 2 fully saturated rings. The number of ether oxygens (including phenoxy) is 1. The number of halogens is 6. The number of hydrogen-bond donors (Lipinski definition) is 3. The van der Waals surface area contributed by atoms with Crippen LogP contribution in [0.5, 0.6) is 5.88 Å². The van der Waals surface area contributed by atoms with Gasteiger partial charge in [-0.1, -0.05) is 6.07 Å². The van der Waals surface area contributed by atoms with Gasteiger partial charge in [0.1, 0.15) is 0 Å². The summed E-state index contributed by atoms with van der Waals surface area (Å²) in [5.74, 6) is -4.10. The van der Waals surface area contributed by atoms with Crippen LogP contribution < -0.4 is 10.1 Å². The lowest BCUT2D eigenvalue weighted by Crippen LogP contribution is -2.50. The minimum absolute atomic E-state index is 0.0140. The van der Waals surface area contributed by atoms with Gasteiger partial charge in [-0.15, -0.1) is 0 Å². The van der Waals surface area contributed by atoms with Crippen LogP contribution in [-0.4, -0.2) is 101 Å². The van der Waals surface area contributed by atoms with Crippen molar-refractivity contribution in [2.45, 2.75) is 57.3 Å². The second kappa shape index (κ2) is 13.6. The van der Waals surface area contributed by atoms with Crippen molar-refractivity contribution in [2.75, 3.05) is 27.2 Å². The Morgan fingerprint density at radius 1 is 1.11 bits per heavy atom. The average molecular weight is 560 g/mol. The second-order valence-electron chi connectivity index (χ2n) is 8.71. The summed E-state index contributed by atoms with van der Waals surface area (Å²) in [6.45, 7) is 7.24. The Hall–Kier alpha value is -3.14. The Morgan fingerprint density at radius 3 is 2.05 bits per heavy atom. The fraction of sp³-hybridized carbons (Fsp3) is 0.636. The van der Waals surface area contributed by atoms with Crippen LogP contribution in [0.2, 0.25) is 0 Å². The van der Waals surface area contributed by atoms with E-state index in [1.54, 1.807) is 20.4 Å². The summed E-state index contributed by atoms with van der Waals surface area (Å²) in [5.41, 5.74) is 1.12. The molecular formula is C22H30F6N4O6. The van der Waals surface area contributed by atoms with E-state index >= 15 is 0 Å². The van der Waals surface area contributed by atoms with Gasteiger partial charge >= 0.3 is 24.3 Å². The number of likely N-dealkylation sites (tertiary alicyclic amines) is 2. The maximum Gasteiger partial charge on any atom is 0.490 e. The van der Waals surface area contributed by atoms with E-state index in [0.717, 1.165) is 31.6 Å². The maximum absolute atomic E-state index is 12.2. The molecule has 0 unspecified atom stereocenters. The number of nitrogens with one attached hydrogen (secondary N) is 1. The van der Waals surface area contributed by atoms with Gasteiger partial charge in [0.2, 0.25) is 11.8 Å². The molecule has 2 aliphatic heterocycles. The Balaban J connectivity index is 0.000000426. The van der Waals surface area contributed by atoms with E-state index < -0.39 is 24.3 Å². The summed E-state index contributed by atoms with van der Waals surface area (Å²) in [6.07, 6.45) is -7.46. The number of amides is 1. The number of aliphatic carboxylic acids is 2. The molecular weight excluding hydrogens is 530 g/mol. The Bertz CT molecular complexity index is 935. The van der Waals surface area contributed by atoms with E-state index in [2.05, 4.69) is 40.0 Å². The molecule has 3 heterocycles. The SMILES string of the molecule is CNC(=O)[C@H]1C[C@@H]2CN(Cc3cccnc3OC)C[C@@H]2N1C(C)C.O=C(O)C(F)(F)F.O=C(O)C(F)(F)F. The van der Waals surface area contributed by atoms with Crippen LogP contribution in [0.15, 0.2) is 18.3 Å². The number of likely N-dealkylation sites (N-methyl/N-ethyl adjacent to an activating group) is 1. The highest BCUT2D eigenvalue weighted by Gasteiger charge is 2.49. The number of carboxylic acids is 2. The van der Waals surface area contributed by atoms with Crippen molar-refractivity contribution in [2.24, 2.45) is 5.92 Å². The third kappa shape index (κ3) is 9.31. The van der Waals surface area contributed by atoms with Crippen molar-refractivity contribution in [3.8, 4) is 5.88 Å². The van der Waals surface area contributed by atoms with Crippen LogP contribution in [0.25, 0.3) is 0 Å². The number of carboxylic acid groups (broad SMARTS) is 2. The molecule has 0 aromatic carbocycles. The van der Waals surface area contributed by atoms with Crippen molar-refractivity contribution in [1.29, 1.82) is 0 Å². The first-order valence-electron chi connectivity index (χ1n) is 11.2. The third-order valence-electron chi connectivity index (χ3n) is 5.82. The number of nitrogens with zero attached hydrogens (tertiary/aromatic N) is 3. The molecule has 0 aliphatic carbocycles. The monoisotopic (exact) mass is 560 g/mol. The predicted octanol–water partition coefficient (Wildman–Crippen LogP) is 2.39. The van der Waals surface area contributed by atoms with E-state index in [1.807, 2.05) is 6.07 Å². The Morgan fingerprint density at radius 2 is 1.63 bits per heavy atom. The molecule has 216 valence electrons. The quantitative estimate of drug-likeness (QED) is 0.465. The zero-order valence-corrected chi connectivity index (χ0v) is 21.0. The van der Waals surface area contributed by atoms with E-state index in [1.165, 1.54) is 0 Å². The molecule has 3 N–H and O–H groups in total. The third-order valence-corrected chi connectivity index (χ3v) is 5.82. The molecule has 1 amide bonds. The minimum atomic E-state index is -5.08. The molecule has 2 aliphatic rings. The maximum atomic E-state index is 12.2. The van der Waals surface area contributed by atoms with Crippen LogP contribution in [-0.2, 0) is 20.9 Å². The van der Waals surface area contributed by atoms with Crippen molar-refractivity contribution >= 4 is 17.8 Å². The zero-order chi connectivity index (χ0) is 29.4. The highest BCUT2D eigenvalue weighted by molar-refractivity contribution is 5.82. The van der Waals surface area contributed by atoms with Crippen LogP contribution in [0.1, 0.15) is 25.8 Å². The molecule has 0 saturated carbocycles. The molecule has 38 heavy (non-hydrogen) atoms. The molecule has 3 rings (SSSR count). The molecule has 3 atom stereocenters. The van der Waals surface area contributed by atoms with Crippen LogP contribution in [0.3, 0.4) is 0 Å². The summed E-state index contributed by atoms with van der Waals surface area (Å²) in [6, 6.07) is 4.87. The molecule has 1 aromatic heterocycles. The summed E-state index contributed by atoms with van der Waals surface area (Å²) in [7, 11) is 3.40. The number of rotatable bonds is 5. The first-order chi connectivity index (χ1) is 17.4. The molecule has 1 aromatic rings. The fourth-order valence-corrected chi connectivity index (χ4v) is 4.40. The van der Waals surface area contributed by atoms with E-state index in [4.69, 9.17) is 24.5 Å². The molecule has 0 bridgehead atoms. The van der Waals surface area contributed by atoms with Gasteiger partial charge < -0.3 is 20.3 Å². The molecule has 16 heteroatoms. The van der Waals surface area contributed by atoms with Gasteiger partial charge in [0, 0.05) is 50.5 Å². The lowest BCUT2D eigenvalue weighted by molar-refractivity contribution is -0.193. The van der Waals surface area contributed by atoms with E-state index in [0.29, 0.717) is 23.9 Å². The largest absolute Gasteiger partial charge is 0.490 e. The topological polar surface area (TPSA) is 132 Å². The number of carbonyl (C=O) groups is 3. The highest BCUT2D eigenvalue weighted by atomic mass is 19.4. The normalized spacial score (nSPS) is 21.5. The highest BCUT2D eigenvalue weighted by Crippen LogP contribution is 2.38. The van der Waals surface area contributed by atoms with E-state index in [9.17, 15) is 31.1 Å². The van der Waals surface area contributed by atoms with Gasteiger partial charge in [0.25, 0.3) is 0 Å². The van der Waals surface area contributed by atoms with Crippen molar-refractivity contribution in [3.05, 3.63) is 23.9 Å². The fourth-order valence-electron chi connectivity index (χ4n) is 4.40. The van der Waals surface area contributed by atoms with Gasteiger partial charge in [-0.3, -0.25) is 14.6 Å². The molecule has 0 radical (unpaired) electrons. The van der Waals surface area contributed by atoms with Crippen LogP contribution in [0, 0.1) is 5.92 Å². The van der Waals surface area contributed by atoms with Crippen molar-refractivity contribution in [1.82, 2.24) is 20.1 Å². The number of methoxy groups -OCH3 is 1. The summed E-state index contributed by atoms with van der Waals surface area (Å²) >= 11 is 0. The predicted molar refractivity (Wildman–Crippen MR) is 120 cm³/mol. The molecule has 0 spiro atoms. The van der Waals surface area contributed by atoms with Crippen LogP contribution in [0.4, 0.5) is 26.3 Å². The van der Waals surface area contributed by atoms with Gasteiger partial charge in [0.15, 0.2) is 0 Å². The lowest BCUT2D eigenvalue weighted by Gasteiger charge is -2.33. The smallest absolute Gasteiger partial charge is 0.481 e. The first-order valence-corrected chi connectivity index (χ1v) is 11.2. The summed E-state index contributed by atoms with van der Waals surface area (Å²) in [4.78, 5) is 39.2. The number of alkyl halides is 6. The van der Waals surface area contributed by atoms with Crippen molar-refractivity contribution in [3.63, 3.8) is 0 Å². The first kappa shape index (κ1) is 32.9. The standard InChI is InChI=1S/C18H28N4O2.2C2HF3O2/c1-12(2)22-15(17(23)19-3)8-14-10-21(11-16(14)22)9-13-6-5-7-20-18(13)24-4;2*3-2(4,5)1(6)7/h5-7,12,14-16H,8-11H2,1-4H3,(H,19,23);2*(H,6,7)/t14-,15-,16+;;/m1../s1. The average Bonchev–Trinajstić information content (AvgIpc) is 3.35. The van der Waals surface area contributed by atoms with Crippen molar-refractivity contribution < 1.29 is 55.7 Å². The van der Waals surface area contributed by atoms with Gasteiger partial charge in [-0.05, 0) is 32.3 Å². The number of aromatic nitrogens is 1. The summed E-state index contributed by atoms with van der Waals surface area (Å²) < 4.78 is 68.8. The second-order valence-corrected chi connectivity index (χ2v) is 8.71. The molecule has 2 saturated heterocycles. The zero-order valence-electron chi connectivity index (χ0n) is 21.0. The number of pyridine rings is 1. The van der Waals surface area contributed by atoms with E-state index in [-0.39, 0.29) is 11.9 Å². The van der Waals surface area contributed by atoms with Gasteiger partial charge in [-0.2, -0.15) is 26.3 Å². The van der Waals surface area contributed by atoms with Gasteiger partial charge in [-0.25, -0.2) is 14.6 Å². The van der Waals surface area contributed by atoms with Gasteiger partial charge in [0.05, 0.1) is 13.2 Å². The van der Waals surface area contributed by atoms with Crippen LogP contribution >= 0.6 is 0 Å². The summed E-state index contributed by atoms with van der Waals surface area (Å²) in [5, 5.41) is 17.1. The Labute approximate surface area is 214 Å². The number of carbonyl (C=O) groups excluding carboxylic acids is 1. The number of fused-ring (bicyclic) bond motifs is 1. The lowest BCUT2D eigenvalue weighted by atomic mass is 10.0.